The molecule has 1 fully saturated rings. The predicted octanol–water partition coefficient (Wildman–Crippen LogP) is 0.666. The molecular weight excluding hydrogens is 297 g/mol. The number of carbonyl (C=O) groups is 1. The van der Waals surface area contributed by atoms with Crippen molar-refractivity contribution < 1.29 is 9.18 Å². The second-order valence-corrected chi connectivity index (χ2v) is 5.18. The van der Waals surface area contributed by atoms with E-state index in [1.165, 1.54) is 30.5 Å². The number of hydrogen-bond donors (Lipinski definition) is 3. The van der Waals surface area contributed by atoms with Gasteiger partial charge in [0.1, 0.15) is 17.5 Å². The molecule has 0 bridgehead atoms. The van der Waals surface area contributed by atoms with Crippen molar-refractivity contribution >= 4 is 11.6 Å². The molecule has 0 unspecified atom stereocenters. The number of nitrogens with one attached hydrogen (secondary N) is 3. The van der Waals surface area contributed by atoms with Gasteiger partial charge in [0, 0.05) is 51.2 Å². The van der Waals surface area contributed by atoms with E-state index in [9.17, 15) is 9.18 Å². The lowest BCUT2D eigenvalue weighted by molar-refractivity contribution is -0.112. The zero-order valence-corrected chi connectivity index (χ0v) is 12.8. The molecule has 122 valence electrons. The molecule has 1 amide bonds. The summed E-state index contributed by atoms with van der Waals surface area (Å²) in [4.78, 5) is 14.3. The van der Waals surface area contributed by atoms with Crippen LogP contribution in [0.3, 0.4) is 0 Å². The lowest BCUT2D eigenvalue weighted by Crippen LogP contribution is -2.45. The summed E-state index contributed by atoms with van der Waals surface area (Å²) in [7, 11) is 0. The zero-order valence-electron chi connectivity index (χ0n) is 12.8. The molecule has 23 heavy (non-hydrogen) atoms. The van der Waals surface area contributed by atoms with E-state index in [1.54, 1.807) is 0 Å². The van der Waals surface area contributed by atoms with E-state index in [2.05, 4.69) is 20.9 Å². The van der Waals surface area contributed by atoms with Crippen molar-refractivity contribution in [2.45, 2.75) is 0 Å². The molecule has 6 nitrogen and oxygen atoms in total. The number of nitriles is 1. The van der Waals surface area contributed by atoms with Gasteiger partial charge >= 0.3 is 0 Å². The maximum atomic E-state index is 12.8. The fourth-order valence-electron chi connectivity index (χ4n) is 2.21. The first-order valence-electron chi connectivity index (χ1n) is 7.52. The molecule has 3 N–H and O–H groups in total. The van der Waals surface area contributed by atoms with Gasteiger partial charge in [-0.25, -0.2) is 4.39 Å². The molecule has 0 saturated carbocycles. The summed E-state index contributed by atoms with van der Waals surface area (Å²) < 4.78 is 12.8. The number of amides is 1. The molecule has 2 rings (SSSR count). The van der Waals surface area contributed by atoms with Crippen LogP contribution >= 0.6 is 0 Å². The van der Waals surface area contributed by atoms with Gasteiger partial charge in [0.25, 0.3) is 5.91 Å². The maximum Gasteiger partial charge on any atom is 0.267 e. The normalized spacial score (nSPS) is 15.7. The summed E-state index contributed by atoms with van der Waals surface area (Å²) in [6.45, 7) is 5.49. The van der Waals surface area contributed by atoms with Gasteiger partial charge in [0.2, 0.25) is 0 Å². The van der Waals surface area contributed by atoms with Gasteiger partial charge < -0.3 is 16.0 Å². The van der Waals surface area contributed by atoms with Crippen LogP contribution in [-0.2, 0) is 4.79 Å². The number of carbonyl (C=O) groups excluding carboxylic acids is 1. The SMILES string of the molecule is N#C/C(=C/NCCN1CCNCC1)C(=O)Nc1ccc(F)cc1. The fraction of sp³-hybridized carbons (Fsp3) is 0.375. The second kappa shape index (κ2) is 8.88. The van der Waals surface area contributed by atoms with E-state index in [0.29, 0.717) is 12.2 Å². The first-order valence-corrected chi connectivity index (χ1v) is 7.52. The molecule has 0 radical (unpaired) electrons. The average Bonchev–Trinajstić information content (AvgIpc) is 2.58. The van der Waals surface area contributed by atoms with Crippen molar-refractivity contribution in [3.63, 3.8) is 0 Å². The highest BCUT2D eigenvalue weighted by molar-refractivity contribution is 6.06. The van der Waals surface area contributed by atoms with Gasteiger partial charge in [-0.2, -0.15) is 5.26 Å². The topological polar surface area (TPSA) is 80.2 Å². The fourth-order valence-corrected chi connectivity index (χ4v) is 2.21. The molecule has 1 heterocycles. The number of nitrogens with zero attached hydrogens (tertiary/aromatic N) is 2. The van der Waals surface area contributed by atoms with Crippen molar-refractivity contribution in [3.8, 4) is 6.07 Å². The third kappa shape index (κ3) is 5.70. The molecule has 0 atom stereocenters. The highest BCUT2D eigenvalue weighted by Gasteiger charge is 2.10. The lowest BCUT2D eigenvalue weighted by Gasteiger charge is -2.26. The first kappa shape index (κ1) is 16.9. The summed E-state index contributed by atoms with van der Waals surface area (Å²) >= 11 is 0. The van der Waals surface area contributed by atoms with Crippen LogP contribution in [0.5, 0.6) is 0 Å². The number of halogens is 1. The Morgan fingerprint density at radius 2 is 2.04 bits per heavy atom. The van der Waals surface area contributed by atoms with Crippen LogP contribution in [0, 0.1) is 17.1 Å². The molecule has 1 aromatic rings. The lowest BCUT2D eigenvalue weighted by atomic mass is 10.2. The van der Waals surface area contributed by atoms with E-state index in [0.717, 1.165) is 32.7 Å². The van der Waals surface area contributed by atoms with Crippen LogP contribution in [0.25, 0.3) is 0 Å². The van der Waals surface area contributed by atoms with Crippen LogP contribution in [0.15, 0.2) is 36.0 Å². The molecular formula is C16H20FN5O. The summed E-state index contributed by atoms with van der Waals surface area (Å²) in [5, 5.41) is 17.9. The monoisotopic (exact) mass is 317 g/mol. The van der Waals surface area contributed by atoms with E-state index in [1.807, 2.05) is 6.07 Å². The Kier molecular flexibility index (Phi) is 6.54. The van der Waals surface area contributed by atoms with Gasteiger partial charge in [0.05, 0.1) is 0 Å². The molecule has 1 aromatic carbocycles. The number of piperazine rings is 1. The minimum absolute atomic E-state index is 0.0189. The molecule has 7 heteroatoms. The van der Waals surface area contributed by atoms with E-state index >= 15 is 0 Å². The standard InChI is InChI=1S/C16H20FN5O/c17-14-1-3-15(4-2-14)21-16(23)13(11-18)12-20-7-10-22-8-5-19-6-9-22/h1-4,12,19-20H,5-10H2,(H,21,23)/b13-12-. The summed E-state index contributed by atoms with van der Waals surface area (Å²) in [5.74, 6) is -0.901. The van der Waals surface area contributed by atoms with E-state index in [-0.39, 0.29) is 11.4 Å². The Labute approximate surface area is 135 Å². The highest BCUT2D eigenvalue weighted by atomic mass is 19.1. The quantitative estimate of drug-likeness (QED) is 0.408. The summed E-state index contributed by atoms with van der Waals surface area (Å²) in [6.07, 6.45) is 1.42. The van der Waals surface area contributed by atoms with Crippen LogP contribution < -0.4 is 16.0 Å². The van der Waals surface area contributed by atoms with Crippen LogP contribution in [0.2, 0.25) is 0 Å². The van der Waals surface area contributed by atoms with Gasteiger partial charge in [-0.05, 0) is 24.3 Å². The minimum Gasteiger partial charge on any atom is -0.388 e. The number of hydrogen-bond acceptors (Lipinski definition) is 5. The van der Waals surface area contributed by atoms with Crippen molar-refractivity contribution in [2.24, 2.45) is 0 Å². The number of benzene rings is 1. The van der Waals surface area contributed by atoms with Crippen LogP contribution in [-0.4, -0.2) is 50.1 Å². The zero-order chi connectivity index (χ0) is 16.5. The Morgan fingerprint density at radius 3 is 2.70 bits per heavy atom. The molecule has 1 aliphatic heterocycles. The van der Waals surface area contributed by atoms with Crippen LogP contribution in [0.4, 0.5) is 10.1 Å². The first-order chi connectivity index (χ1) is 11.2. The highest BCUT2D eigenvalue weighted by Crippen LogP contribution is 2.09. The Morgan fingerprint density at radius 1 is 1.35 bits per heavy atom. The van der Waals surface area contributed by atoms with Crippen molar-refractivity contribution in [1.29, 1.82) is 5.26 Å². The molecule has 0 spiro atoms. The molecule has 0 aliphatic carbocycles. The Bertz CT molecular complexity index is 587. The molecule has 0 aromatic heterocycles. The summed E-state index contributed by atoms with van der Waals surface area (Å²) in [6, 6.07) is 7.24. The Balaban J connectivity index is 1.79. The average molecular weight is 317 g/mol. The van der Waals surface area contributed by atoms with E-state index < -0.39 is 5.91 Å². The minimum atomic E-state index is -0.520. The smallest absolute Gasteiger partial charge is 0.267 e. The maximum absolute atomic E-state index is 12.8. The third-order valence-corrected chi connectivity index (χ3v) is 3.50. The number of anilines is 1. The Hall–Kier alpha value is -2.43. The molecule has 1 saturated heterocycles. The van der Waals surface area contributed by atoms with Crippen molar-refractivity contribution in [2.75, 3.05) is 44.6 Å². The van der Waals surface area contributed by atoms with Crippen molar-refractivity contribution in [3.05, 3.63) is 41.9 Å². The van der Waals surface area contributed by atoms with Crippen molar-refractivity contribution in [1.82, 2.24) is 15.5 Å². The second-order valence-electron chi connectivity index (χ2n) is 5.18. The van der Waals surface area contributed by atoms with E-state index in [4.69, 9.17) is 5.26 Å². The number of rotatable bonds is 6. The molecule has 1 aliphatic rings. The van der Waals surface area contributed by atoms with Gasteiger partial charge in [-0.3, -0.25) is 9.69 Å². The largest absolute Gasteiger partial charge is 0.388 e. The van der Waals surface area contributed by atoms with Gasteiger partial charge in [-0.15, -0.1) is 0 Å². The third-order valence-electron chi connectivity index (χ3n) is 3.50. The van der Waals surface area contributed by atoms with Crippen LogP contribution in [0.1, 0.15) is 0 Å². The van der Waals surface area contributed by atoms with Gasteiger partial charge in [-0.1, -0.05) is 0 Å². The summed E-state index contributed by atoms with van der Waals surface area (Å²) in [5.41, 5.74) is 0.424. The van der Waals surface area contributed by atoms with Gasteiger partial charge in [0.15, 0.2) is 0 Å². The predicted molar refractivity (Wildman–Crippen MR) is 86.0 cm³/mol.